The number of nitrogens with one attached hydrogen (secondary N) is 2. The first-order valence-corrected chi connectivity index (χ1v) is 9.68. The van der Waals surface area contributed by atoms with Gasteiger partial charge in [0.2, 0.25) is 0 Å². The quantitative estimate of drug-likeness (QED) is 0.370. The lowest BCUT2D eigenvalue weighted by molar-refractivity contribution is 0.101. The zero-order valence-corrected chi connectivity index (χ0v) is 17.7. The molecule has 3 aromatic rings. The highest BCUT2D eigenvalue weighted by atomic mass is 16.5. The number of hydrogen-bond acceptors (Lipinski definition) is 6. The van der Waals surface area contributed by atoms with Gasteiger partial charge in [-0.25, -0.2) is 0 Å². The number of Topliss-reactive ketones (excluding diaryl/α,β-unsaturated/α-hetero) is 1. The van der Waals surface area contributed by atoms with Crippen molar-refractivity contribution in [2.75, 3.05) is 30.6 Å². The van der Waals surface area contributed by atoms with E-state index in [-0.39, 0.29) is 11.7 Å². The zero-order valence-electron chi connectivity index (χ0n) is 17.7. The van der Waals surface area contributed by atoms with Crippen molar-refractivity contribution >= 4 is 28.8 Å². The highest BCUT2D eigenvalue weighted by molar-refractivity contribution is 6.05. The maximum atomic E-state index is 12.5. The molecule has 0 aliphatic heterocycles. The van der Waals surface area contributed by atoms with Gasteiger partial charge in [-0.15, -0.1) is 0 Å². The number of para-hydroxylation sites is 2. The number of anilines is 3. The second-order valence-electron chi connectivity index (χ2n) is 6.90. The summed E-state index contributed by atoms with van der Waals surface area (Å²) in [5.41, 5.74) is 9.57. The minimum absolute atomic E-state index is 0.0874. The predicted molar refractivity (Wildman–Crippen MR) is 122 cm³/mol. The molecular formula is C24H25N3O4. The Kier molecular flexibility index (Phi) is 6.77. The first-order valence-electron chi connectivity index (χ1n) is 9.68. The summed E-state index contributed by atoms with van der Waals surface area (Å²) in [5, 5.41) is 6.06. The fourth-order valence-corrected chi connectivity index (χ4v) is 3.09. The van der Waals surface area contributed by atoms with Gasteiger partial charge in [0.05, 0.1) is 25.6 Å². The van der Waals surface area contributed by atoms with Crippen LogP contribution in [0.2, 0.25) is 0 Å². The number of hydrogen-bond donors (Lipinski definition) is 3. The Hall–Kier alpha value is -4.00. The van der Waals surface area contributed by atoms with Crippen LogP contribution in [0.1, 0.15) is 33.2 Å². The van der Waals surface area contributed by atoms with E-state index in [0.717, 1.165) is 5.56 Å². The fraction of sp³-hybridized carbons (Fsp3) is 0.167. The minimum Gasteiger partial charge on any atom is -0.493 e. The maximum Gasteiger partial charge on any atom is 0.255 e. The van der Waals surface area contributed by atoms with E-state index in [1.54, 1.807) is 43.5 Å². The van der Waals surface area contributed by atoms with Crippen molar-refractivity contribution in [1.82, 2.24) is 0 Å². The average Bonchev–Trinajstić information content (AvgIpc) is 2.78. The minimum atomic E-state index is -0.240. The lowest BCUT2D eigenvalue weighted by Gasteiger charge is -2.15. The Balaban J connectivity index is 1.71. The fourth-order valence-electron chi connectivity index (χ4n) is 3.09. The molecule has 0 radical (unpaired) electrons. The van der Waals surface area contributed by atoms with Gasteiger partial charge in [0.15, 0.2) is 17.3 Å². The maximum absolute atomic E-state index is 12.5. The van der Waals surface area contributed by atoms with E-state index in [1.807, 2.05) is 24.3 Å². The van der Waals surface area contributed by atoms with E-state index >= 15 is 0 Å². The van der Waals surface area contributed by atoms with Gasteiger partial charge in [-0.05, 0) is 42.8 Å². The van der Waals surface area contributed by atoms with Crippen LogP contribution in [-0.4, -0.2) is 25.9 Å². The smallest absolute Gasteiger partial charge is 0.255 e. The molecule has 4 N–H and O–H groups in total. The second kappa shape index (κ2) is 9.67. The lowest BCUT2D eigenvalue weighted by Crippen LogP contribution is -2.13. The number of nitrogen functional groups attached to an aromatic ring is 1. The molecule has 1 amide bonds. The van der Waals surface area contributed by atoms with Crippen molar-refractivity contribution < 1.29 is 19.1 Å². The molecule has 160 valence electrons. The zero-order chi connectivity index (χ0) is 22.4. The first-order chi connectivity index (χ1) is 14.9. The van der Waals surface area contributed by atoms with Gasteiger partial charge in [0.25, 0.3) is 5.91 Å². The summed E-state index contributed by atoms with van der Waals surface area (Å²) in [6, 6.07) is 17.7. The SMILES string of the molecule is COc1cc(NCc2ccc(C(=O)Nc3ccccc3N)cc2)c(C(C)=O)cc1OC. The summed E-state index contributed by atoms with van der Waals surface area (Å²) in [5.74, 6) is 0.696. The average molecular weight is 419 g/mol. The van der Waals surface area contributed by atoms with Crippen molar-refractivity contribution in [3.63, 3.8) is 0 Å². The van der Waals surface area contributed by atoms with Crippen LogP contribution in [0, 0.1) is 0 Å². The molecule has 0 aliphatic rings. The first kappa shape index (κ1) is 21.7. The van der Waals surface area contributed by atoms with Gasteiger partial charge in [-0.1, -0.05) is 24.3 Å². The number of benzene rings is 3. The van der Waals surface area contributed by atoms with Crippen LogP contribution in [0.25, 0.3) is 0 Å². The predicted octanol–water partition coefficient (Wildman–Crippen LogP) is 4.35. The van der Waals surface area contributed by atoms with Crippen LogP contribution in [-0.2, 0) is 6.54 Å². The van der Waals surface area contributed by atoms with Crippen LogP contribution in [0.3, 0.4) is 0 Å². The van der Waals surface area contributed by atoms with Crippen molar-refractivity contribution in [2.24, 2.45) is 0 Å². The number of nitrogens with two attached hydrogens (primary N) is 1. The largest absolute Gasteiger partial charge is 0.493 e. The van der Waals surface area contributed by atoms with E-state index in [0.29, 0.717) is 46.2 Å². The number of amides is 1. The van der Waals surface area contributed by atoms with E-state index in [2.05, 4.69) is 10.6 Å². The van der Waals surface area contributed by atoms with Crippen LogP contribution in [0.4, 0.5) is 17.1 Å². The van der Waals surface area contributed by atoms with Gasteiger partial charge in [0.1, 0.15) is 0 Å². The monoisotopic (exact) mass is 419 g/mol. The van der Waals surface area contributed by atoms with E-state index < -0.39 is 0 Å². The molecule has 0 saturated carbocycles. The third-order valence-corrected chi connectivity index (χ3v) is 4.81. The van der Waals surface area contributed by atoms with Crippen molar-refractivity contribution in [1.29, 1.82) is 0 Å². The molecule has 7 heteroatoms. The number of methoxy groups -OCH3 is 2. The van der Waals surface area contributed by atoms with Crippen molar-refractivity contribution in [3.05, 3.63) is 77.4 Å². The van der Waals surface area contributed by atoms with Crippen molar-refractivity contribution in [2.45, 2.75) is 13.5 Å². The molecule has 0 heterocycles. The highest BCUT2D eigenvalue weighted by Gasteiger charge is 2.14. The topological polar surface area (TPSA) is 103 Å². The van der Waals surface area contributed by atoms with Crippen LogP contribution >= 0.6 is 0 Å². The Bertz CT molecular complexity index is 1090. The van der Waals surface area contributed by atoms with Gasteiger partial charge in [-0.3, -0.25) is 9.59 Å². The van der Waals surface area contributed by atoms with Crippen LogP contribution in [0.15, 0.2) is 60.7 Å². The van der Waals surface area contributed by atoms with Gasteiger partial charge in [-0.2, -0.15) is 0 Å². The molecule has 3 aromatic carbocycles. The molecule has 31 heavy (non-hydrogen) atoms. The third kappa shape index (κ3) is 5.14. The highest BCUT2D eigenvalue weighted by Crippen LogP contribution is 2.33. The summed E-state index contributed by atoms with van der Waals surface area (Å²) >= 11 is 0. The Morgan fingerprint density at radius 3 is 2.16 bits per heavy atom. The third-order valence-electron chi connectivity index (χ3n) is 4.81. The lowest BCUT2D eigenvalue weighted by atomic mass is 10.1. The Morgan fingerprint density at radius 1 is 0.903 bits per heavy atom. The molecule has 3 rings (SSSR count). The molecule has 0 spiro atoms. The van der Waals surface area contributed by atoms with E-state index in [1.165, 1.54) is 14.0 Å². The Labute approximate surface area is 181 Å². The summed E-state index contributed by atoms with van der Waals surface area (Å²) in [6.07, 6.45) is 0. The molecule has 0 aromatic heterocycles. The van der Waals surface area contributed by atoms with Gasteiger partial charge >= 0.3 is 0 Å². The molecular weight excluding hydrogens is 394 g/mol. The Morgan fingerprint density at radius 2 is 1.55 bits per heavy atom. The van der Waals surface area contributed by atoms with Crippen LogP contribution in [0.5, 0.6) is 11.5 Å². The number of carbonyl (C=O) groups excluding carboxylic acids is 2. The number of rotatable bonds is 8. The second-order valence-corrected chi connectivity index (χ2v) is 6.90. The standard InChI is InChI=1S/C24H25N3O4/c1-15(28)18-12-22(30-2)23(31-3)13-21(18)26-14-16-8-10-17(11-9-16)24(29)27-20-7-5-4-6-19(20)25/h4-13,26H,14,25H2,1-3H3,(H,27,29). The molecule has 0 unspecified atom stereocenters. The molecule has 0 atom stereocenters. The molecule has 0 bridgehead atoms. The molecule has 0 saturated heterocycles. The normalized spacial score (nSPS) is 10.3. The van der Waals surface area contributed by atoms with Crippen molar-refractivity contribution in [3.8, 4) is 11.5 Å². The summed E-state index contributed by atoms with van der Waals surface area (Å²) in [4.78, 5) is 24.5. The van der Waals surface area contributed by atoms with Gasteiger partial charge in [0, 0.05) is 29.4 Å². The number of carbonyl (C=O) groups is 2. The number of ether oxygens (including phenoxy) is 2. The summed E-state index contributed by atoms with van der Waals surface area (Å²) < 4.78 is 10.6. The van der Waals surface area contributed by atoms with E-state index in [4.69, 9.17) is 15.2 Å². The summed E-state index contributed by atoms with van der Waals surface area (Å²) in [6.45, 7) is 1.96. The molecule has 0 fully saturated rings. The number of ketones is 1. The van der Waals surface area contributed by atoms with Crippen LogP contribution < -0.4 is 25.8 Å². The summed E-state index contributed by atoms with van der Waals surface area (Å²) in [7, 11) is 3.07. The molecule has 7 nitrogen and oxygen atoms in total. The van der Waals surface area contributed by atoms with Gasteiger partial charge < -0.3 is 25.8 Å². The molecule has 0 aliphatic carbocycles. The van der Waals surface area contributed by atoms with E-state index in [9.17, 15) is 9.59 Å².